The van der Waals surface area contributed by atoms with Crippen molar-refractivity contribution in [3.05, 3.63) is 24.3 Å². The van der Waals surface area contributed by atoms with Gasteiger partial charge in [0.1, 0.15) is 5.75 Å². The smallest absolute Gasteiger partial charge is 0.316 e. The van der Waals surface area contributed by atoms with Crippen LogP contribution >= 0.6 is 11.8 Å². The minimum absolute atomic E-state index is 0.236. The van der Waals surface area contributed by atoms with Crippen LogP contribution < -0.4 is 9.64 Å². The van der Waals surface area contributed by atoms with E-state index in [9.17, 15) is 4.79 Å². The molecule has 0 spiro atoms. The Balaban J connectivity index is 1.72. The number of nitrogens with zero attached hydrogens (tertiary/aromatic N) is 4. The van der Waals surface area contributed by atoms with Crippen molar-refractivity contribution in [1.29, 1.82) is 0 Å². The summed E-state index contributed by atoms with van der Waals surface area (Å²) in [7, 11) is 1.65. The molecule has 3 rings (SSSR count). The zero-order valence-electron chi connectivity index (χ0n) is 13.1. The Morgan fingerprint density at radius 2 is 2.04 bits per heavy atom. The lowest BCUT2D eigenvalue weighted by molar-refractivity contribution is -0.139. The highest BCUT2D eigenvalue weighted by atomic mass is 32.2. The van der Waals surface area contributed by atoms with E-state index in [4.69, 9.17) is 9.47 Å². The van der Waals surface area contributed by atoms with Gasteiger partial charge in [-0.15, -0.1) is 10.2 Å². The molecule has 1 aromatic carbocycles. The number of esters is 1. The van der Waals surface area contributed by atoms with E-state index in [2.05, 4.69) is 15.1 Å². The topological polar surface area (TPSA) is 69.5 Å². The standard InChI is InChI=1S/C15H18N4O3S/c1-3-22-13(20)10-23-15-17-16-14-18(8-9-19(14)15)11-4-6-12(21-2)7-5-11/h4-7H,3,8-10H2,1-2H3. The molecule has 0 unspecified atom stereocenters. The Morgan fingerprint density at radius 3 is 2.74 bits per heavy atom. The molecule has 7 nitrogen and oxygen atoms in total. The molecule has 8 heteroatoms. The predicted molar refractivity (Wildman–Crippen MR) is 87.4 cm³/mol. The van der Waals surface area contributed by atoms with Crippen molar-refractivity contribution in [3.8, 4) is 5.75 Å². The first-order valence-electron chi connectivity index (χ1n) is 7.36. The van der Waals surface area contributed by atoms with E-state index in [1.54, 1.807) is 14.0 Å². The Bertz CT molecular complexity index is 687. The fourth-order valence-electron chi connectivity index (χ4n) is 2.42. The lowest BCUT2D eigenvalue weighted by Gasteiger charge is -2.15. The SMILES string of the molecule is CCOC(=O)CSc1nnc2n1CCN2c1ccc(OC)cc1. The van der Waals surface area contributed by atoms with Gasteiger partial charge in [-0.2, -0.15) is 0 Å². The summed E-state index contributed by atoms with van der Waals surface area (Å²) in [4.78, 5) is 13.6. The van der Waals surface area contributed by atoms with Gasteiger partial charge in [-0.05, 0) is 31.2 Å². The zero-order chi connectivity index (χ0) is 16.2. The van der Waals surface area contributed by atoms with Crippen LogP contribution in [-0.2, 0) is 16.1 Å². The first-order chi connectivity index (χ1) is 11.2. The number of hydrogen-bond acceptors (Lipinski definition) is 7. The minimum atomic E-state index is -0.236. The summed E-state index contributed by atoms with van der Waals surface area (Å²) in [5.74, 6) is 1.62. The lowest BCUT2D eigenvalue weighted by atomic mass is 10.3. The summed E-state index contributed by atoms with van der Waals surface area (Å²) < 4.78 is 12.1. The van der Waals surface area contributed by atoms with Crippen LogP contribution in [0.3, 0.4) is 0 Å². The van der Waals surface area contributed by atoms with E-state index in [0.717, 1.165) is 35.6 Å². The van der Waals surface area contributed by atoms with Crippen LogP contribution in [0.5, 0.6) is 5.75 Å². The van der Waals surface area contributed by atoms with Crippen LogP contribution in [0.15, 0.2) is 29.4 Å². The van der Waals surface area contributed by atoms with E-state index in [1.165, 1.54) is 11.8 Å². The van der Waals surface area contributed by atoms with Crippen molar-refractivity contribution in [2.45, 2.75) is 18.6 Å². The number of anilines is 2. The molecule has 0 atom stereocenters. The van der Waals surface area contributed by atoms with Crippen molar-refractivity contribution >= 4 is 29.4 Å². The van der Waals surface area contributed by atoms with Gasteiger partial charge in [0.05, 0.1) is 19.5 Å². The molecular weight excluding hydrogens is 316 g/mol. The minimum Gasteiger partial charge on any atom is -0.497 e. The van der Waals surface area contributed by atoms with Crippen molar-refractivity contribution < 1.29 is 14.3 Å². The Morgan fingerprint density at radius 1 is 1.26 bits per heavy atom. The summed E-state index contributed by atoms with van der Waals surface area (Å²) in [6.07, 6.45) is 0. The van der Waals surface area contributed by atoms with Crippen molar-refractivity contribution in [2.75, 3.05) is 30.9 Å². The molecule has 0 saturated carbocycles. The molecule has 0 aliphatic carbocycles. The molecule has 1 aliphatic heterocycles. The second-order valence-corrected chi connectivity index (χ2v) is 5.82. The summed E-state index contributed by atoms with van der Waals surface area (Å²) >= 11 is 1.35. The molecule has 1 aromatic heterocycles. The highest BCUT2D eigenvalue weighted by Crippen LogP contribution is 2.32. The summed E-state index contributed by atoms with van der Waals surface area (Å²) in [5, 5.41) is 9.18. The van der Waals surface area contributed by atoms with Crippen LogP contribution in [0.2, 0.25) is 0 Å². The maximum absolute atomic E-state index is 11.5. The number of hydrogen-bond donors (Lipinski definition) is 0. The van der Waals surface area contributed by atoms with Crippen LogP contribution in [0.4, 0.5) is 11.6 Å². The van der Waals surface area contributed by atoms with E-state index >= 15 is 0 Å². The van der Waals surface area contributed by atoms with Crippen molar-refractivity contribution in [2.24, 2.45) is 0 Å². The Hall–Kier alpha value is -2.22. The van der Waals surface area contributed by atoms with Crippen LogP contribution in [-0.4, -0.2) is 46.7 Å². The third-order valence-electron chi connectivity index (χ3n) is 3.49. The molecule has 0 fully saturated rings. The van der Waals surface area contributed by atoms with Gasteiger partial charge in [0.25, 0.3) is 0 Å². The van der Waals surface area contributed by atoms with Crippen molar-refractivity contribution in [1.82, 2.24) is 14.8 Å². The fraction of sp³-hybridized carbons (Fsp3) is 0.400. The number of aromatic nitrogens is 3. The van der Waals surface area contributed by atoms with E-state index in [1.807, 2.05) is 28.8 Å². The normalized spacial score (nSPS) is 13.0. The van der Waals surface area contributed by atoms with Crippen molar-refractivity contribution in [3.63, 3.8) is 0 Å². The molecule has 0 saturated heterocycles. The second kappa shape index (κ2) is 6.91. The maximum atomic E-state index is 11.5. The van der Waals surface area contributed by atoms with Gasteiger partial charge in [0, 0.05) is 18.8 Å². The molecule has 0 radical (unpaired) electrons. The average Bonchev–Trinajstić information content (AvgIpc) is 3.15. The quantitative estimate of drug-likeness (QED) is 0.592. The zero-order valence-corrected chi connectivity index (χ0v) is 13.9. The molecular formula is C15H18N4O3S. The number of fused-ring (bicyclic) bond motifs is 1. The van der Waals surface area contributed by atoms with E-state index in [-0.39, 0.29) is 11.7 Å². The molecule has 1 aliphatic rings. The number of benzene rings is 1. The highest BCUT2D eigenvalue weighted by Gasteiger charge is 2.26. The lowest BCUT2D eigenvalue weighted by Crippen LogP contribution is -2.14. The molecule has 2 aromatic rings. The van der Waals surface area contributed by atoms with Gasteiger partial charge in [-0.25, -0.2) is 0 Å². The summed E-state index contributed by atoms with van der Waals surface area (Å²) in [6, 6.07) is 7.83. The highest BCUT2D eigenvalue weighted by molar-refractivity contribution is 7.99. The number of thioether (sulfide) groups is 1. The van der Waals surface area contributed by atoms with Gasteiger partial charge < -0.3 is 14.4 Å². The second-order valence-electron chi connectivity index (χ2n) is 4.88. The molecule has 0 amide bonds. The number of carbonyl (C=O) groups is 1. The molecule has 2 heterocycles. The summed E-state index contributed by atoms with van der Waals surface area (Å²) in [6.45, 7) is 3.80. The number of ether oxygens (including phenoxy) is 2. The largest absolute Gasteiger partial charge is 0.497 e. The van der Waals surface area contributed by atoms with E-state index in [0.29, 0.717) is 6.61 Å². The predicted octanol–water partition coefficient (Wildman–Crippen LogP) is 2.09. The van der Waals surface area contributed by atoms with Gasteiger partial charge in [0.15, 0.2) is 5.16 Å². The monoisotopic (exact) mass is 334 g/mol. The maximum Gasteiger partial charge on any atom is 0.316 e. The molecule has 0 N–H and O–H groups in total. The van der Waals surface area contributed by atoms with Gasteiger partial charge in [-0.3, -0.25) is 9.36 Å². The third kappa shape index (κ3) is 3.26. The third-order valence-corrected chi connectivity index (χ3v) is 4.43. The molecule has 0 bridgehead atoms. The number of carbonyl (C=O) groups excluding carboxylic acids is 1. The first-order valence-corrected chi connectivity index (χ1v) is 8.34. The average molecular weight is 334 g/mol. The number of rotatable bonds is 6. The van der Waals surface area contributed by atoms with Crippen LogP contribution in [0.1, 0.15) is 6.92 Å². The van der Waals surface area contributed by atoms with Crippen LogP contribution in [0.25, 0.3) is 0 Å². The van der Waals surface area contributed by atoms with Gasteiger partial charge in [-0.1, -0.05) is 11.8 Å². The Kier molecular flexibility index (Phi) is 4.71. The molecule has 23 heavy (non-hydrogen) atoms. The first kappa shape index (κ1) is 15.7. The number of methoxy groups -OCH3 is 1. The van der Waals surface area contributed by atoms with E-state index < -0.39 is 0 Å². The van der Waals surface area contributed by atoms with Crippen LogP contribution in [0, 0.1) is 0 Å². The van der Waals surface area contributed by atoms with Gasteiger partial charge in [0.2, 0.25) is 5.95 Å². The summed E-state index contributed by atoms with van der Waals surface area (Å²) in [5.41, 5.74) is 1.04. The molecule has 122 valence electrons. The Labute approximate surface area is 138 Å². The van der Waals surface area contributed by atoms with Gasteiger partial charge >= 0.3 is 5.97 Å². The fourth-order valence-corrected chi connectivity index (χ4v) is 3.17.